The zero-order valence-corrected chi connectivity index (χ0v) is 11.2. The van der Waals surface area contributed by atoms with Crippen molar-refractivity contribution in [3.8, 4) is 0 Å². The Hall–Kier alpha value is -1.12. The minimum absolute atomic E-state index is 0.199. The maximum Gasteiger partial charge on any atom is 0.321 e. The molecule has 1 heterocycles. The molecule has 3 fully saturated rings. The first-order chi connectivity index (χ1) is 9.21. The summed E-state index contributed by atoms with van der Waals surface area (Å²) in [5.41, 5.74) is 0.441. The largest absolute Gasteiger partial charge is 0.392 e. The number of carbonyl (C=O) groups excluding carboxylic acids is 2. The van der Waals surface area contributed by atoms with Crippen molar-refractivity contribution in [2.75, 3.05) is 0 Å². The number of esters is 2. The molecule has 0 aromatic rings. The van der Waals surface area contributed by atoms with Crippen LogP contribution in [0.2, 0.25) is 0 Å². The number of hydrogen-bond donors (Lipinski definition) is 0. The molecular formula is C16H20O3. The Morgan fingerprint density at radius 3 is 2.79 bits per heavy atom. The van der Waals surface area contributed by atoms with Gasteiger partial charge in [-0.25, -0.2) is 0 Å². The summed E-state index contributed by atoms with van der Waals surface area (Å²) in [6.07, 6.45) is 11.4. The van der Waals surface area contributed by atoms with E-state index in [2.05, 4.69) is 6.08 Å². The number of allylic oxidation sites excluding steroid dienone is 2. The molecule has 2 saturated carbocycles. The van der Waals surface area contributed by atoms with E-state index >= 15 is 0 Å². The fraction of sp³-hybridized carbons (Fsp3) is 0.750. The minimum atomic E-state index is -0.506. The van der Waals surface area contributed by atoms with Crippen molar-refractivity contribution >= 4 is 11.9 Å². The van der Waals surface area contributed by atoms with Gasteiger partial charge in [0.05, 0.1) is 10.8 Å². The monoisotopic (exact) mass is 260 g/mol. The van der Waals surface area contributed by atoms with Gasteiger partial charge in [0.1, 0.15) is 0 Å². The Bertz CT molecular complexity index is 492. The first-order valence-electron chi connectivity index (χ1n) is 7.66. The summed E-state index contributed by atoms with van der Waals surface area (Å²) in [5.74, 6) is -0.137. The van der Waals surface area contributed by atoms with E-state index in [9.17, 15) is 9.59 Å². The highest BCUT2D eigenvalue weighted by molar-refractivity contribution is 6.03. The number of fused-ring (bicyclic) bond motifs is 1. The lowest BCUT2D eigenvalue weighted by molar-refractivity contribution is -0.156. The highest BCUT2D eigenvalue weighted by Crippen LogP contribution is 2.67. The third-order valence-corrected chi connectivity index (χ3v) is 6.18. The van der Waals surface area contributed by atoms with Gasteiger partial charge in [-0.1, -0.05) is 30.9 Å². The van der Waals surface area contributed by atoms with Gasteiger partial charge in [-0.05, 0) is 44.4 Å². The predicted octanol–water partition coefficient (Wildman–Crippen LogP) is 3.14. The average molecular weight is 260 g/mol. The molecule has 3 nitrogen and oxygen atoms in total. The van der Waals surface area contributed by atoms with Crippen LogP contribution >= 0.6 is 0 Å². The maximum absolute atomic E-state index is 12.6. The lowest BCUT2D eigenvalue weighted by atomic mass is 9.46. The van der Waals surface area contributed by atoms with Crippen molar-refractivity contribution in [1.29, 1.82) is 0 Å². The third kappa shape index (κ3) is 1.20. The molecule has 102 valence electrons. The molecule has 0 aromatic heterocycles. The lowest BCUT2D eigenvalue weighted by Gasteiger charge is -2.52. The minimum Gasteiger partial charge on any atom is -0.392 e. The highest BCUT2D eigenvalue weighted by atomic mass is 16.6. The summed E-state index contributed by atoms with van der Waals surface area (Å²) < 4.78 is 5.17. The van der Waals surface area contributed by atoms with E-state index in [1.54, 1.807) is 0 Å². The van der Waals surface area contributed by atoms with Crippen LogP contribution in [0.25, 0.3) is 0 Å². The van der Waals surface area contributed by atoms with Gasteiger partial charge < -0.3 is 4.74 Å². The van der Waals surface area contributed by atoms with E-state index < -0.39 is 10.8 Å². The predicted molar refractivity (Wildman–Crippen MR) is 69.1 cm³/mol. The molecule has 3 atom stereocenters. The van der Waals surface area contributed by atoms with Crippen molar-refractivity contribution in [3.63, 3.8) is 0 Å². The molecule has 0 aromatic carbocycles. The van der Waals surface area contributed by atoms with Gasteiger partial charge in [0, 0.05) is 0 Å². The van der Waals surface area contributed by atoms with E-state index in [1.165, 1.54) is 18.4 Å². The van der Waals surface area contributed by atoms with Crippen LogP contribution in [0.3, 0.4) is 0 Å². The molecule has 0 bridgehead atoms. The number of cyclic esters (lactones) is 2. The summed E-state index contributed by atoms with van der Waals surface area (Å²) in [5, 5.41) is 0. The smallest absolute Gasteiger partial charge is 0.321 e. The topological polar surface area (TPSA) is 43.4 Å². The van der Waals surface area contributed by atoms with Crippen LogP contribution in [0.1, 0.15) is 57.8 Å². The lowest BCUT2D eigenvalue weighted by Crippen LogP contribution is -2.54. The first kappa shape index (κ1) is 11.7. The molecule has 19 heavy (non-hydrogen) atoms. The van der Waals surface area contributed by atoms with Crippen molar-refractivity contribution < 1.29 is 14.3 Å². The van der Waals surface area contributed by atoms with Crippen LogP contribution in [0.15, 0.2) is 11.6 Å². The molecule has 1 aliphatic heterocycles. The Labute approximate surface area is 113 Å². The second-order valence-electron chi connectivity index (χ2n) is 6.72. The Balaban J connectivity index is 1.91. The van der Waals surface area contributed by atoms with Gasteiger partial charge in [-0.15, -0.1) is 0 Å². The SMILES string of the molecule is O=C1OC(=O)[C@]23CCCC[C@]12CC=C1CCCC[C@@H]13. The van der Waals surface area contributed by atoms with E-state index in [0.717, 1.165) is 44.9 Å². The van der Waals surface area contributed by atoms with Crippen molar-refractivity contribution in [1.82, 2.24) is 0 Å². The number of rotatable bonds is 0. The van der Waals surface area contributed by atoms with Gasteiger partial charge in [0.25, 0.3) is 0 Å². The fourth-order valence-corrected chi connectivity index (χ4v) is 5.31. The number of hydrogen-bond acceptors (Lipinski definition) is 3. The summed E-state index contributed by atoms with van der Waals surface area (Å²) in [6, 6.07) is 0. The van der Waals surface area contributed by atoms with Gasteiger partial charge in [-0.3, -0.25) is 9.59 Å². The molecule has 0 unspecified atom stereocenters. The van der Waals surface area contributed by atoms with Crippen LogP contribution in [0.4, 0.5) is 0 Å². The molecule has 0 N–H and O–H groups in total. The van der Waals surface area contributed by atoms with Gasteiger partial charge in [0.15, 0.2) is 0 Å². The normalized spacial score (nSPS) is 44.8. The fourth-order valence-electron chi connectivity index (χ4n) is 5.31. The van der Waals surface area contributed by atoms with Crippen LogP contribution in [-0.4, -0.2) is 11.9 Å². The molecule has 3 heteroatoms. The Morgan fingerprint density at radius 2 is 1.89 bits per heavy atom. The second-order valence-corrected chi connectivity index (χ2v) is 6.72. The van der Waals surface area contributed by atoms with E-state index in [1.807, 2.05) is 0 Å². The van der Waals surface area contributed by atoms with Gasteiger partial charge >= 0.3 is 11.9 Å². The molecule has 4 rings (SSSR count). The standard InChI is InChI=1S/C16H20O3/c17-13-15-8-3-4-9-16(15,14(18)19-13)12-6-2-1-5-11(12)7-10-15/h7,12H,1-6,8-10H2/t12-,15-,16+/m0/s1. The zero-order chi connectivity index (χ0) is 13.1. The van der Waals surface area contributed by atoms with Crippen molar-refractivity contribution in [2.45, 2.75) is 57.8 Å². The van der Waals surface area contributed by atoms with E-state index in [0.29, 0.717) is 0 Å². The molecule has 1 saturated heterocycles. The van der Waals surface area contributed by atoms with Crippen molar-refractivity contribution in [3.05, 3.63) is 11.6 Å². The maximum atomic E-state index is 12.6. The molecule has 0 amide bonds. The molecule has 3 aliphatic carbocycles. The molecule has 4 aliphatic rings. The van der Waals surface area contributed by atoms with E-state index in [-0.39, 0.29) is 17.9 Å². The summed E-state index contributed by atoms with van der Waals surface area (Å²) in [7, 11) is 0. The molecular weight excluding hydrogens is 240 g/mol. The van der Waals surface area contributed by atoms with Crippen molar-refractivity contribution in [2.24, 2.45) is 16.7 Å². The Kier molecular flexibility index (Phi) is 2.28. The van der Waals surface area contributed by atoms with Crippen LogP contribution in [0, 0.1) is 16.7 Å². The number of ether oxygens (including phenoxy) is 1. The van der Waals surface area contributed by atoms with Gasteiger partial charge in [0.2, 0.25) is 0 Å². The quantitative estimate of drug-likeness (QED) is 0.382. The first-order valence-corrected chi connectivity index (χ1v) is 7.66. The van der Waals surface area contributed by atoms with Crippen LogP contribution in [0.5, 0.6) is 0 Å². The van der Waals surface area contributed by atoms with E-state index in [4.69, 9.17) is 4.74 Å². The highest BCUT2D eigenvalue weighted by Gasteiger charge is 2.72. The molecule has 0 radical (unpaired) electrons. The summed E-state index contributed by atoms with van der Waals surface area (Å²) >= 11 is 0. The average Bonchev–Trinajstić information content (AvgIpc) is 2.69. The van der Waals surface area contributed by atoms with Gasteiger partial charge in [-0.2, -0.15) is 0 Å². The summed E-state index contributed by atoms with van der Waals surface area (Å²) in [4.78, 5) is 24.9. The molecule has 0 spiro atoms. The Morgan fingerprint density at radius 1 is 1.05 bits per heavy atom. The van der Waals surface area contributed by atoms with Crippen LogP contribution in [-0.2, 0) is 14.3 Å². The van der Waals surface area contributed by atoms with Crippen LogP contribution < -0.4 is 0 Å². The zero-order valence-electron chi connectivity index (χ0n) is 11.2. The summed E-state index contributed by atoms with van der Waals surface area (Å²) in [6.45, 7) is 0. The number of carbonyl (C=O) groups is 2. The second kappa shape index (κ2) is 3.71. The third-order valence-electron chi connectivity index (χ3n) is 6.18.